The fourth-order valence-corrected chi connectivity index (χ4v) is 1.95. The molecule has 0 atom stereocenters. The van der Waals surface area contributed by atoms with Gasteiger partial charge in [0.2, 0.25) is 0 Å². The van der Waals surface area contributed by atoms with Gasteiger partial charge in [0.25, 0.3) is 0 Å². The lowest BCUT2D eigenvalue weighted by Gasteiger charge is -2.05. The Labute approximate surface area is 115 Å². The second kappa shape index (κ2) is 6.02. The molecular formula is C16H23N3. The lowest BCUT2D eigenvalue weighted by molar-refractivity contribution is 0.580. The third-order valence-electron chi connectivity index (χ3n) is 3.20. The van der Waals surface area contributed by atoms with Crippen molar-refractivity contribution in [2.24, 2.45) is 0 Å². The van der Waals surface area contributed by atoms with Crippen LogP contribution in [0, 0.1) is 0 Å². The Hall–Kier alpha value is -1.61. The molecule has 0 aliphatic carbocycles. The van der Waals surface area contributed by atoms with Crippen molar-refractivity contribution >= 4 is 0 Å². The van der Waals surface area contributed by atoms with Crippen LogP contribution >= 0.6 is 0 Å². The Morgan fingerprint density at radius 1 is 1.11 bits per heavy atom. The molecule has 3 nitrogen and oxygen atoms in total. The first-order chi connectivity index (χ1) is 9.06. The van der Waals surface area contributed by atoms with Gasteiger partial charge in [-0.05, 0) is 17.5 Å². The van der Waals surface area contributed by atoms with E-state index in [9.17, 15) is 0 Å². The molecule has 0 fully saturated rings. The average Bonchev–Trinajstić information content (AvgIpc) is 2.85. The summed E-state index contributed by atoms with van der Waals surface area (Å²) >= 11 is 0. The van der Waals surface area contributed by atoms with E-state index in [2.05, 4.69) is 73.5 Å². The lowest BCUT2D eigenvalue weighted by atomic mass is 10.0. The van der Waals surface area contributed by atoms with Crippen LogP contribution in [0.2, 0.25) is 0 Å². The van der Waals surface area contributed by atoms with E-state index >= 15 is 0 Å². The van der Waals surface area contributed by atoms with Crippen LogP contribution in [0.25, 0.3) is 11.3 Å². The summed E-state index contributed by atoms with van der Waals surface area (Å²) in [6.07, 6.45) is 0. The first kappa shape index (κ1) is 13.8. The van der Waals surface area contributed by atoms with Gasteiger partial charge in [-0.15, -0.1) is 0 Å². The number of benzene rings is 1. The van der Waals surface area contributed by atoms with Crippen molar-refractivity contribution in [3.05, 3.63) is 41.6 Å². The maximum Gasteiger partial charge on any atom is 0.0924 e. The quantitative estimate of drug-likeness (QED) is 0.857. The van der Waals surface area contributed by atoms with Crippen molar-refractivity contribution in [2.45, 2.75) is 46.2 Å². The van der Waals surface area contributed by atoms with Crippen LogP contribution < -0.4 is 5.32 Å². The number of nitrogens with one attached hydrogen (secondary N) is 2. The molecule has 0 amide bonds. The summed E-state index contributed by atoms with van der Waals surface area (Å²) in [5.74, 6) is 0.569. The lowest BCUT2D eigenvalue weighted by Crippen LogP contribution is -2.21. The molecule has 2 N–H and O–H groups in total. The molecule has 2 aromatic rings. The van der Waals surface area contributed by atoms with Crippen LogP contribution in [-0.2, 0) is 6.54 Å². The molecule has 1 aromatic heterocycles. The van der Waals surface area contributed by atoms with E-state index < -0.39 is 0 Å². The Kier molecular flexibility index (Phi) is 4.38. The molecule has 19 heavy (non-hydrogen) atoms. The molecular weight excluding hydrogens is 234 g/mol. The van der Waals surface area contributed by atoms with Gasteiger partial charge >= 0.3 is 0 Å². The second-order valence-electron chi connectivity index (χ2n) is 5.59. The van der Waals surface area contributed by atoms with Crippen molar-refractivity contribution in [3.63, 3.8) is 0 Å². The van der Waals surface area contributed by atoms with E-state index in [1.165, 1.54) is 5.56 Å². The van der Waals surface area contributed by atoms with Crippen LogP contribution in [0.15, 0.2) is 30.3 Å². The zero-order chi connectivity index (χ0) is 13.8. The number of nitrogens with zero attached hydrogens (tertiary/aromatic N) is 1. The summed E-state index contributed by atoms with van der Waals surface area (Å²) in [6, 6.07) is 11.2. The molecule has 3 heteroatoms. The molecule has 0 saturated heterocycles. The number of aromatic amines is 1. The third-order valence-corrected chi connectivity index (χ3v) is 3.20. The standard InChI is InChI=1S/C16H23N3/c1-11(2)13-5-7-14(8-6-13)16-9-15(18-19-16)10-17-12(3)4/h5-9,11-12,17H,10H2,1-4H3,(H,18,19). The van der Waals surface area contributed by atoms with Crippen LogP contribution in [0.3, 0.4) is 0 Å². The molecule has 0 spiro atoms. The minimum Gasteiger partial charge on any atom is -0.309 e. The normalized spacial score (nSPS) is 11.5. The van der Waals surface area contributed by atoms with Gasteiger partial charge in [0, 0.05) is 23.8 Å². The highest BCUT2D eigenvalue weighted by Gasteiger charge is 2.05. The van der Waals surface area contributed by atoms with Crippen molar-refractivity contribution in [2.75, 3.05) is 0 Å². The number of hydrogen-bond acceptors (Lipinski definition) is 2. The van der Waals surface area contributed by atoms with E-state index in [0.717, 1.165) is 23.5 Å². The summed E-state index contributed by atoms with van der Waals surface area (Å²) < 4.78 is 0. The zero-order valence-electron chi connectivity index (χ0n) is 12.2. The molecule has 0 unspecified atom stereocenters. The van der Waals surface area contributed by atoms with E-state index in [1.54, 1.807) is 0 Å². The highest BCUT2D eigenvalue weighted by atomic mass is 15.1. The van der Waals surface area contributed by atoms with Crippen LogP contribution in [0.4, 0.5) is 0 Å². The molecule has 102 valence electrons. The van der Waals surface area contributed by atoms with E-state index in [-0.39, 0.29) is 0 Å². The summed E-state index contributed by atoms with van der Waals surface area (Å²) in [6.45, 7) is 9.52. The number of rotatable bonds is 5. The van der Waals surface area contributed by atoms with Gasteiger partial charge in [0.15, 0.2) is 0 Å². The maximum absolute atomic E-state index is 4.37. The SMILES string of the molecule is CC(C)NCc1cc(-c2ccc(C(C)C)cc2)n[nH]1. The number of hydrogen-bond donors (Lipinski definition) is 2. The highest BCUT2D eigenvalue weighted by molar-refractivity contribution is 5.59. The molecule has 0 saturated carbocycles. The summed E-state index contributed by atoms with van der Waals surface area (Å²) in [5.41, 5.74) is 4.66. The predicted octanol–water partition coefficient (Wildman–Crippen LogP) is 3.70. The number of H-pyrrole nitrogens is 1. The van der Waals surface area contributed by atoms with Crippen LogP contribution in [0.1, 0.15) is 44.9 Å². The van der Waals surface area contributed by atoms with Gasteiger partial charge < -0.3 is 5.32 Å². The minimum atomic E-state index is 0.483. The van der Waals surface area contributed by atoms with Gasteiger partial charge in [-0.25, -0.2) is 0 Å². The monoisotopic (exact) mass is 257 g/mol. The van der Waals surface area contributed by atoms with Gasteiger partial charge in [0.1, 0.15) is 0 Å². The Balaban J connectivity index is 2.09. The van der Waals surface area contributed by atoms with E-state index in [1.807, 2.05) is 0 Å². The summed E-state index contributed by atoms with van der Waals surface area (Å²) in [5, 5.41) is 10.8. The topological polar surface area (TPSA) is 40.7 Å². The molecule has 0 radical (unpaired) electrons. The molecule has 1 heterocycles. The molecule has 0 bridgehead atoms. The van der Waals surface area contributed by atoms with Crippen molar-refractivity contribution < 1.29 is 0 Å². The second-order valence-corrected chi connectivity index (χ2v) is 5.59. The first-order valence-electron chi connectivity index (χ1n) is 6.94. The largest absolute Gasteiger partial charge is 0.309 e. The van der Waals surface area contributed by atoms with Crippen LogP contribution in [-0.4, -0.2) is 16.2 Å². The highest BCUT2D eigenvalue weighted by Crippen LogP contribution is 2.21. The Bertz CT molecular complexity index is 509. The van der Waals surface area contributed by atoms with Crippen molar-refractivity contribution in [1.82, 2.24) is 15.5 Å². The summed E-state index contributed by atoms with van der Waals surface area (Å²) in [4.78, 5) is 0. The molecule has 2 rings (SSSR count). The first-order valence-corrected chi connectivity index (χ1v) is 6.94. The fraction of sp³-hybridized carbons (Fsp3) is 0.438. The van der Waals surface area contributed by atoms with Crippen LogP contribution in [0.5, 0.6) is 0 Å². The van der Waals surface area contributed by atoms with Gasteiger partial charge in [0.05, 0.1) is 5.69 Å². The minimum absolute atomic E-state index is 0.483. The smallest absolute Gasteiger partial charge is 0.0924 e. The number of aromatic nitrogens is 2. The fourth-order valence-electron chi connectivity index (χ4n) is 1.95. The Morgan fingerprint density at radius 2 is 1.79 bits per heavy atom. The van der Waals surface area contributed by atoms with Gasteiger partial charge in [-0.2, -0.15) is 5.10 Å². The maximum atomic E-state index is 4.37. The Morgan fingerprint density at radius 3 is 2.37 bits per heavy atom. The van der Waals surface area contributed by atoms with Crippen molar-refractivity contribution in [1.29, 1.82) is 0 Å². The molecule has 1 aromatic carbocycles. The molecule has 0 aliphatic heterocycles. The van der Waals surface area contributed by atoms with Crippen molar-refractivity contribution in [3.8, 4) is 11.3 Å². The van der Waals surface area contributed by atoms with E-state index in [4.69, 9.17) is 0 Å². The third kappa shape index (κ3) is 3.67. The zero-order valence-corrected chi connectivity index (χ0v) is 12.2. The summed E-state index contributed by atoms with van der Waals surface area (Å²) in [7, 11) is 0. The van der Waals surface area contributed by atoms with Gasteiger partial charge in [-0.1, -0.05) is 52.0 Å². The van der Waals surface area contributed by atoms with Gasteiger partial charge in [-0.3, -0.25) is 5.10 Å². The average molecular weight is 257 g/mol. The predicted molar refractivity (Wildman–Crippen MR) is 80.1 cm³/mol. The molecule has 0 aliphatic rings. The van der Waals surface area contributed by atoms with E-state index in [0.29, 0.717) is 12.0 Å².